The van der Waals surface area contributed by atoms with Gasteiger partial charge in [0.05, 0.1) is 23.9 Å². The molecule has 1 aromatic heterocycles. The molecule has 1 saturated heterocycles. The van der Waals surface area contributed by atoms with E-state index in [0.717, 1.165) is 56.7 Å². The number of benzene rings is 2. The predicted octanol–water partition coefficient (Wildman–Crippen LogP) is 4.86. The number of methoxy groups -OCH3 is 1. The summed E-state index contributed by atoms with van der Waals surface area (Å²) in [4.78, 5) is 27.3. The number of ether oxygens (including phenoxy) is 2. The van der Waals surface area contributed by atoms with Crippen LogP contribution in [0, 0.1) is 0 Å². The number of carbonyl (C=O) groups is 1. The second-order valence-corrected chi connectivity index (χ2v) is 10.8. The molecule has 2 aliphatic heterocycles. The third kappa shape index (κ3) is 5.06. The number of nitrogens with zero attached hydrogens (tertiary/aromatic N) is 5. The number of rotatable bonds is 7. The quantitative estimate of drug-likeness (QED) is 0.433. The van der Waals surface area contributed by atoms with Crippen LogP contribution in [0.4, 0.5) is 24.8 Å². The Hall–Kier alpha value is -3.90. The summed E-state index contributed by atoms with van der Waals surface area (Å²) in [6.45, 7) is 4.70. The highest BCUT2D eigenvalue weighted by molar-refractivity contribution is 6.03. The molecule has 12 heteroatoms. The Kier molecular flexibility index (Phi) is 6.77. The van der Waals surface area contributed by atoms with Crippen LogP contribution >= 0.6 is 0 Å². The van der Waals surface area contributed by atoms with Crippen molar-refractivity contribution in [1.29, 1.82) is 0 Å². The van der Waals surface area contributed by atoms with E-state index in [2.05, 4.69) is 32.1 Å². The standard InChI is InChI=1S/C29H31F3N6O3/c1-36-11-13-38(14-12-36)17-18-7-8-21(23(15-18)40-3)34-27-33-16-20(29(30,31)32)25(35-27)41-22-6-4-5-19-24(22)26(39)37(2)28(19)9-10-28/h4-8,15-16H,9-14,17H2,1-3H3,(H,33,34,35). The monoisotopic (exact) mass is 568 g/mol. The maximum Gasteiger partial charge on any atom is 0.423 e. The molecule has 2 aromatic carbocycles. The van der Waals surface area contributed by atoms with Crippen molar-refractivity contribution in [3.63, 3.8) is 0 Å². The summed E-state index contributed by atoms with van der Waals surface area (Å²) >= 11 is 0. The van der Waals surface area contributed by atoms with Gasteiger partial charge in [0.2, 0.25) is 11.8 Å². The van der Waals surface area contributed by atoms with Gasteiger partial charge < -0.3 is 24.6 Å². The van der Waals surface area contributed by atoms with Crippen molar-refractivity contribution in [2.45, 2.75) is 31.1 Å². The van der Waals surface area contributed by atoms with Crippen molar-refractivity contribution < 1.29 is 27.4 Å². The lowest BCUT2D eigenvalue weighted by atomic mass is 10.0. The second-order valence-electron chi connectivity index (χ2n) is 10.8. The number of alkyl halides is 3. The van der Waals surface area contributed by atoms with Gasteiger partial charge in [0.25, 0.3) is 5.91 Å². The molecule has 1 saturated carbocycles. The highest BCUT2D eigenvalue weighted by Crippen LogP contribution is 2.57. The third-order valence-corrected chi connectivity index (χ3v) is 8.19. The summed E-state index contributed by atoms with van der Waals surface area (Å²) < 4.78 is 53.2. The first kappa shape index (κ1) is 27.3. The fraction of sp³-hybridized carbons (Fsp3) is 0.414. The minimum Gasteiger partial charge on any atom is -0.495 e. The lowest BCUT2D eigenvalue weighted by Gasteiger charge is -2.32. The summed E-state index contributed by atoms with van der Waals surface area (Å²) in [5, 5.41) is 2.97. The minimum absolute atomic E-state index is 0.0316. The SMILES string of the molecule is COc1cc(CN2CCN(C)CC2)ccc1Nc1ncc(C(F)(F)F)c(Oc2cccc3c2C(=O)N(C)C32CC2)n1. The van der Waals surface area contributed by atoms with Crippen LogP contribution in [0.5, 0.6) is 17.4 Å². The highest BCUT2D eigenvalue weighted by Gasteiger charge is 2.57. The average molecular weight is 569 g/mol. The van der Waals surface area contributed by atoms with E-state index < -0.39 is 23.2 Å². The summed E-state index contributed by atoms with van der Waals surface area (Å²) in [6.07, 6.45) is -2.49. The van der Waals surface area contributed by atoms with Crippen LogP contribution in [0.15, 0.2) is 42.6 Å². The number of hydrogen-bond donors (Lipinski definition) is 1. The fourth-order valence-corrected chi connectivity index (χ4v) is 5.62. The van der Waals surface area contributed by atoms with Crippen molar-refractivity contribution >= 4 is 17.5 Å². The number of fused-ring (bicyclic) bond motifs is 2. The van der Waals surface area contributed by atoms with Gasteiger partial charge in [0, 0.05) is 46.0 Å². The molecule has 0 bridgehead atoms. The Labute approximate surface area is 235 Å². The average Bonchev–Trinajstić information content (AvgIpc) is 3.72. The Morgan fingerprint density at radius 3 is 2.49 bits per heavy atom. The molecule has 0 atom stereocenters. The van der Waals surface area contributed by atoms with E-state index in [1.165, 1.54) is 13.2 Å². The zero-order chi connectivity index (χ0) is 28.9. The molecule has 216 valence electrons. The fourth-order valence-electron chi connectivity index (χ4n) is 5.62. The number of nitrogens with one attached hydrogen (secondary N) is 1. The van der Waals surface area contributed by atoms with Crippen LogP contribution in [0.2, 0.25) is 0 Å². The van der Waals surface area contributed by atoms with Gasteiger partial charge in [-0.1, -0.05) is 18.2 Å². The molecule has 3 aromatic rings. The third-order valence-electron chi connectivity index (χ3n) is 8.19. The number of hydrogen-bond acceptors (Lipinski definition) is 8. The molecule has 0 radical (unpaired) electrons. The second kappa shape index (κ2) is 10.2. The molecular weight excluding hydrogens is 537 g/mol. The Balaban J connectivity index is 1.28. The number of carbonyl (C=O) groups excluding carboxylic acids is 1. The van der Waals surface area contributed by atoms with Crippen molar-refractivity contribution in [2.75, 3.05) is 52.7 Å². The van der Waals surface area contributed by atoms with E-state index in [1.54, 1.807) is 24.1 Å². The molecule has 2 fully saturated rings. The molecule has 41 heavy (non-hydrogen) atoms. The van der Waals surface area contributed by atoms with Crippen molar-refractivity contribution in [3.8, 4) is 17.4 Å². The van der Waals surface area contributed by atoms with Crippen LogP contribution in [-0.2, 0) is 18.3 Å². The summed E-state index contributed by atoms with van der Waals surface area (Å²) in [5.74, 6) is -0.541. The number of aromatic nitrogens is 2. The number of amides is 1. The summed E-state index contributed by atoms with van der Waals surface area (Å²) in [7, 11) is 5.34. The summed E-state index contributed by atoms with van der Waals surface area (Å²) in [5.41, 5.74) is 1.04. The van der Waals surface area contributed by atoms with E-state index in [-0.39, 0.29) is 23.2 Å². The smallest absolute Gasteiger partial charge is 0.423 e. The maximum atomic E-state index is 14.0. The predicted molar refractivity (Wildman–Crippen MR) is 146 cm³/mol. The largest absolute Gasteiger partial charge is 0.495 e. The van der Waals surface area contributed by atoms with Crippen molar-refractivity contribution in [1.82, 2.24) is 24.7 Å². The van der Waals surface area contributed by atoms with Gasteiger partial charge in [0.1, 0.15) is 17.1 Å². The van der Waals surface area contributed by atoms with E-state index in [0.29, 0.717) is 17.6 Å². The van der Waals surface area contributed by atoms with Crippen LogP contribution in [-0.4, -0.2) is 78.0 Å². The zero-order valence-electron chi connectivity index (χ0n) is 23.1. The first-order chi connectivity index (χ1) is 19.6. The number of halogens is 3. The van der Waals surface area contributed by atoms with Crippen LogP contribution in [0.3, 0.4) is 0 Å². The van der Waals surface area contributed by atoms with Gasteiger partial charge in [-0.3, -0.25) is 9.69 Å². The van der Waals surface area contributed by atoms with E-state index >= 15 is 0 Å². The first-order valence-corrected chi connectivity index (χ1v) is 13.5. The van der Waals surface area contributed by atoms with Gasteiger partial charge in [-0.2, -0.15) is 18.2 Å². The Morgan fingerprint density at radius 1 is 1.05 bits per heavy atom. The molecule has 1 spiro atoms. The molecule has 1 amide bonds. The molecule has 0 unspecified atom stereocenters. The van der Waals surface area contributed by atoms with Gasteiger partial charge in [-0.25, -0.2) is 4.98 Å². The topological polar surface area (TPSA) is 83.1 Å². The zero-order valence-corrected chi connectivity index (χ0v) is 23.1. The number of anilines is 2. The highest BCUT2D eigenvalue weighted by atomic mass is 19.4. The van der Waals surface area contributed by atoms with E-state index in [9.17, 15) is 18.0 Å². The van der Waals surface area contributed by atoms with E-state index in [4.69, 9.17) is 9.47 Å². The molecule has 9 nitrogen and oxygen atoms in total. The van der Waals surface area contributed by atoms with Crippen LogP contribution in [0.1, 0.15) is 39.9 Å². The minimum atomic E-state index is -4.77. The molecular formula is C29H31F3N6O3. The Bertz CT molecular complexity index is 1490. The summed E-state index contributed by atoms with van der Waals surface area (Å²) in [6, 6.07) is 10.6. The van der Waals surface area contributed by atoms with Crippen molar-refractivity contribution in [3.05, 3.63) is 64.8 Å². The number of likely N-dealkylation sites (N-methyl/N-ethyl adjacent to an activating group) is 1. The van der Waals surface area contributed by atoms with Gasteiger partial charge >= 0.3 is 6.18 Å². The molecule has 3 heterocycles. The van der Waals surface area contributed by atoms with Crippen LogP contribution in [0.25, 0.3) is 0 Å². The molecule has 6 rings (SSSR count). The van der Waals surface area contributed by atoms with Crippen LogP contribution < -0.4 is 14.8 Å². The number of piperazine rings is 1. The molecule has 1 aliphatic carbocycles. The van der Waals surface area contributed by atoms with Gasteiger partial charge in [0.15, 0.2) is 0 Å². The lowest BCUT2D eigenvalue weighted by molar-refractivity contribution is -0.139. The molecule has 3 aliphatic rings. The van der Waals surface area contributed by atoms with E-state index in [1.807, 2.05) is 18.2 Å². The first-order valence-electron chi connectivity index (χ1n) is 13.5. The lowest BCUT2D eigenvalue weighted by Crippen LogP contribution is -2.43. The van der Waals surface area contributed by atoms with Gasteiger partial charge in [-0.15, -0.1) is 0 Å². The normalized spacial score (nSPS) is 18.5. The van der Waals surface area contributed by atoms with Crippen molar-refractivity contribution in [2.24, 2.45) is 0 Å². The molecule has 1 N–H and O–H groups in total. The van der Waals surface area contributed by atoms with Gasteiger partial charge in [-0.05, 0) is 49.2 Å². The Morgan fingerprint density at radius 2 is 1.80 bits per heavy atom. The maximum absolute atomic E-state index is 14.0.